The van der Waals surface area contributed by atoms with Crippen LogP contribution in [0.3, 0.4) is 0 Å². The van der Waals surface area contributed by atoms with Gasteiger partial charge in [-0.1, -0.05) is 0 Å². The lowest BCUT2D eigenvalue weighted by molar-refractivity contribution is 0.169. The molecule has 0 aromatic rings. The van der Waals surface area contributed by atoms with E-state index in [2.05, 4.69) is 4.90 Å². The molecule has 0 saturated carbocycles. The van der Waals surface area contributed by atoms with Crippen molar-refractivity contribution in [3.8, 4) is 0 Å². The summed E-state index contributed by atoms with van der Waals surface area (Å²) >= 11 is 2.01. The van der Waals surface area contributed by atoms with E-state index in [9.17, 15) is 5.11 Å². The van der Waals surface area contributed by atoms with E-state index < -0.39 is 0 Å². The Morgan fingerprint density at radius 3 is 2.60 bits per heavy atom. The Hall–Kier alpha value is 0.270. The van der Waals surface area contributed by atoms with Gasteiger partial charge in [-0.2, -0.15) is 11.8 Å². The topological polar surface area (TPSA) is 23.1 Å². The minimum atomic E-state index is 0.0869. The maximum atomic E-state index is 10.1. The molecule has 0 aliphatic carbocycles. The predicted octanol–water partition coefficient (Wildman–Crippen LogP) is 0.856. The van der Waals surface area contributed by atoms with Crippen LogP contribution >= 0.6 is 11.8 Å². The molecular weight excluding hydrogens is 146 g/mol. The second-order valence-electron chi connectivity index (χ2n) is 2.51. The van der Waals surface area contributed by atoms with Gasteiger partial charge in [-0.15, -0.1) is 0 Å². The molecule has 1 rings (SSSR count). The number of nitrogens with zero attached hydrogens (tertiary/aromatic N) is 1. The average molecular weight is 160 g/mol. The lowest BCUT2D eigenvalue weighted by atomic mass is 10.4. The SMILES string of the molecule is [O]CCCN1CCSCC1. The Labute approximate surface area is 66.6 Å². The molecule has 1 aliphatic heterocycles. The van der Waals surface area contributed by atoms with Gasteiger partial charge < -0.3 is 4.90 Å². The molecule has 1 fully saturated rings. The molecule has 0 amide bonds. The maximum absolute atomic E-state index is 10.1. The van der Waals surface area contributed by atoms with Crippen molar-refractivity contribution in [2.45, 2.75) is 6.42 Å². The van der Waals surface area contributed by atoms with Crippen LogP contribution in [0.1, 0.15) is 6.42 Å². The summed E-state index contributed by atoms with van der Waals surface area (Å²) in [5, 5.41) is 10.1. The highest BCUT2D eigenvalue weighted by atomic mass is 32.2. The fraction of sp³-hybridized carbons (Fsp3) is 1.00. The Balaban J connectivity index is 2.02. The first-order valence-corrected chi connectivity index (χ1v) is 4.97. The van der Waals surface area contributed by atoms with Gasteiger partial charge in [0.05, 0.1) is 6.61 Å². The number of hydrogen-bond donors (Lipinski definition) is 0. The van der Waals surface area contributed by atoms with E-state index in [1.165, 1.54) is 24.6 Å². The molecule has 0 unspecified atom stereocenters. The van der Waals surface area contributed by atoms with Gasteiger partial charge in [0.2, 0.25) is 0 Å². The molecule has 59 valence electrons. The minimum Gasteiger partial charge on any atom is -0.302 e. The largest absolute Gasteiger partial charge is 0.302 e. The van der Waals surface area contributed by atoms with Crippen LogP contribution in [-0.4, -0.2) is 42.6 Å². The predicted molar refractivity (Wildman–Crippen MR) is 43.9 cm³/mol. The Morgan fingerprint density at radius 1 is 1.30 bits per heavy atom. The zero-order valence-corrected chi connectivity index (χ0v) is 7.03. The van der Waals surface area contributed by atoms with Gasteiger partial charge in [-0.05, 0) is 6.42 Å². The molecule has 0 atom stereocenters. The average Bonchev–Trinajstić information content (AvgIpc) is 2.03. The van der Waals surface area contributed by atoms with Crippen molar-refractivity contribution in [2.24, 2.45) is 0 Å². The second-order valence-corrected chi connectivity index (χ2v) is 3.74. The summed E-state index contributed by atoms with van der Waals surface area (Å²) in [6.45, 7) is 3.48. The summed E-state index contributed by atoms with van der Waals surface area (Å²) in [6, 6.07) is 0. The minimum absolute atomic E-state index is 0.0869. The third-order valence-electron chi connectivity index (χ3n) is 1.72. The molecule has 1 radical (unpaired) electrons. The van der Waals surface area contributed by atoms with Crippen molar-refractivity contribution < 1.29 is 5.11 Å². The van der Waals surface area contributed by atoms with E-state index in [0.717, 1.165) is 13.0 Å². The van der Waals surface area contributed by atoms with Crippen LogP contribution in [0.2, 0.25) is 0 Å². The molecule has 0 N–H and O–H groups in total. The molecular formula is C7H14NOS. The molecule has 1 heterocycles. The van der Waals surface area contributed by atoms with E-state index in [0.29, 0.717) is 0 Å². The number of thioether (sulfide) groups is 1. The lowest BCUT2D eigenvalue weighted by Crippen LogP contribution is -2.33. The Morgan fingerprint density at radius 2 is 2.00 bits per heavy atom. The van der Waals surface area contributed by atoms with Crippen LogP contribution in [-0.2, 0) is 5.11 Å². The Kier molecular flexibility index (Phi) is 4.18. The summed E-state index contributed by atoms with van der Waals surface area (Å²) in [6.07, 6.45) is 0.824. The normalized spacial score (nSPS) is 21.3. The number of hydrogen-bond acceptors (Lipinski definition) is 2. The van der Waals surface area contributed by atoms with Crippen LogP contribution in [0.15, 0.2) is 0 Å². The van der Waals surface area contributed by atoms with E-state index in [-0.39, 0.29) is 6.61 Å². The molecule has 0 bridgehead atoms. The van der Waals surface area contributed by atoms with Crippen molar-refractivity contribution in [3.05, 3.63) is 0 Å². The third kappa shape index (κ3) is 2.90. The van der Waals surface area contributed by atoms with E-state index >= 15 is 0 Å². The molecule has 10 heavy (non-hydrogen) atoms. The van der Waals surface area contributed by atoms with Gasteiger partial charge in [0.15, 0.2) is 0 Å². The highest BCUT2D eigenvalue weighted by molar-refractivity contribution is 7.99. The van der Waals surface area contributed by atoms with Crippen molar-refractivity contribution in [1.82, 2.24) is 4.90 Å². The molecule has 2 nitrogen and oxygen atoms in total. The first-order chi connectivity index (χ1) is 4.93. The zero-order chi connectivity index (χ0) is 7.23. The lowest BCUT2D eigenvalue weighted by Gasteiger charge is -2.25. The second kappa shape index (κ2) is 4.99. The summed E-state index contributed by atoms with van der Waals surface area (Å²) < 4.78 is 0. The number of rotatable bonds is 3. The first-order valence-electron chi connectivity index (χ1n) is 3.81. The molecule has 1 aliphatic rings. The fourth-order valence-corrected chi connectivity index (χ4v) is 2.09. The van der Waals surface area contributed by atoms with Gasteiger partial charge in [-0.25, -0.2) is 5.11 Å². The highest BCUT2D eigenvalue weighted by Gasteiger charge is 2.08. The molecule has 0 spiro atoms. The van der Waals surface area contributed by atoms with Crippen molar-refractivity contribution in [3.63, 3.8) is 0 Å². The van der Waals surface area contributed by atoms with Gasteiger partial charge in [-0.3, -0.25) is 0 Å². The highest BCUT2D eigenvalue weighted by Crippen LogP contribution is 2.08. The van der Waals surface area contributed by atoms with Crippen LogP contribution in [0.5, 0.6) is 0 Å². The van der Waals surface area contributed by atoms with Crippen LogP contribution in [0.4, 0.5) is 0 Å². The summed E-state index contributed by atoms with van der Waals surface area (Å²) in [4.78, 5) is 2.38. The van der Waals surface area contributed by atoms with E-state index in [4.69, 9.17) is 0 Å². The fourth-order valence-electron chi connectivity index (χ4n) is 1.11. The van der Waals surface area contributed by atoms with Crippen molar-refractivity contribution in [1.29, 1.82) is 0 Å². The summed E-state index contributed by atoms with van der Waals surface area (Å²) in [5.41, 5.74) is 0. The monoisotopic (exact) mass is 160 g/mol. The molecule has 1 saturated heterocycles. The first kappa shape index (κ1) is 8.37. The maximum Gasteiger partial charge on any atom is 0.0834 e. The van der Waals surface area contributed by atoms with Crippen molar-refractivity contribution in [2.75, 3.05) is 37.7 Å². The van der Waals surface area contributed by atoms with Crippen LogP contribution in [0.25, 0.3) is 0 Å². The van der Waals surface area contributed by atoms with Crippen LogP contribution in [0, 0.1) is 0 Å². The smallest absolute Gasteiger partial charge is 0.0834 e. The standard InChI is InChI=1S/C7H14NOS/c9-5-1-2-8-3-6-10-7-4-8/h1-7H2. The van der Waals surface area contributed by atoms with Crippen molar-refractivity contribution >= 4 is 11.8 Å². The van der Waals surface area contributed by atoms with Gasteiger partial charge >= 0.3 is 0 Å². The quantitative estimate of drug-likeness (QED) is 0.611. The van der Waals surface area contributed by atoms with Gasteiger partial charge in [0, 0.05) is 31.1 Å². The third-order valence-corrected chi connectivity index (χ3v) is 2.66. The summed E-state index contributed by atoms with van der Waals surface area (Å²) in [7, 11) is 0. The summed E-state index contributed by atoms with van der Waals surface area (Å²) in [5.74, 6) is 2.50. The Bertz CT molecular complexity index is 83.7. The van der Waals surface area contributed by atoms with E-state index in [1.807, 2.05) is 11.8 Å². The van der Waals surface area contributed by atoms with Gasteiger partial charge in [0.1, 0.15) is 0 Å². The van der Waals surface area contributed by atoms with Crippen LogP contribution < -0.4 is 0 Å². The molecule has 0 aromatic carbocycles. The molecule has 3 heteroatoms. The molecule has 0 aromatic heterocycles. The zero-order valence-electron chi connectivity index (χ0n) is 6.21. The van der Waals surface area contributed by atoms with E-state index in [1.54, 1.807) is 0 Å². The van der Waals surface area contributed by atoms with Gasteiger partial charge in [0.25, 0.3) is 0 Å².